The molecule has 5 heterocycles. The summed E-state index contributed by atoms with van der Waals surface area (Å²) in [5.41, 5.74) is 5.10. The van der Waals surface area contributed by atoms with Crippen LogP contribution in [0.2, 0.25) is 0 Å². The lowest BCUT2D eigenvalue weighted by Gasteiger charge is -2.32. The highest BCUT2D eigenvalue weighted by Crippen LogP contribution is 2.38. The second-order valence-electron chi connectivity index (χ2n) is 16.3. The van der Waals surface area contributed by atoms with E-state index >= 15 is 0 Å². The number of hydrogen-bond acceptors (Lipinski definition) is 12. The lowest BCUT2D eigenvalue weighted by atomic mass is 9.98. The summed E-state index contributed by atoms with van der Waals surface area (Å²) in [4.78, 5) is 50.2. The van der Waals surface area contributed by atoms with Crippen LogP contribution in [0.1, 0.15) is 85.6 Å². The van der Waals surface area contributed by atoms with Crippen molar-refractivity contribution in [2.24, 2.45) is 5.92 Å². The Balaban J connectivity index is 0.886. The van der Waals surface area contributed by atoms with Gasteiger partial charge >= 0.3 is 0 Å². The molecule has 304 valence electrons. The number of rotatable bonds is 14. The van der Waals surface area contributed by atoms with E-state index in [4.69, 9.17) is 9.47 Å². The maximum atomic E-state index is 13.9. The van der Waals surface area contributed by atoms with Gasteiger partial charge in [0.2, 0.25) is 11.8 Å². The van der Waals surface area contributed by atoms with Gasteiger partial charge in [0.25, 0.3) is 5.91 Å². The van der Waals surface area contributed by atoms with E-state index in [1.54, 1.807) is 37.8 Å². The molecule has 7 rings (SSSR count). The highest BCUT2D eigenvalue weighted by atomic mass is 32.2. The number of H-pyrrole nitrogens is 1. The first-order valence-corrected chi connectivity index (χ1v) is 21.2. The zero-order valence-corrected chi connectivity index (χ0v) is 34.1. The van der Waals surface area contributed by atoms with Crippen LogP contribution in [0.3, 0.4) is 0 Å². The number of ether oxygens (including phenoxy) is 2. The average molecular weight is 801 g/mol. The van der Waals surface area contributed by atoms with E-state index in [2.05, 4.69) is 35.7 Å². The number of carbonyl (C=O) groups is 3. The van der Waals surface area contributed by atoms with E-state index in [9.17, 15) is 22.8 Å². The van der Waals surface area contributed by atoms with Crippen molar-refractivity contribution < 1.29 is 32.3 Å². The molecule has 0 saturated carbocycles. The van der Waals surface area contributed by atoms with Crippen molar-refractivity contribution in [3.8, 4) is 5.75 Å². The van der Waals surface area contributed by atoms with Crippen LogP contribution in [-0.2, 0) is 37.1 Å². The fourth-order valence-electron chi connectivity index (χ4n) is 7.66. The Hall–Kier alpha value is -4.93. The first kappa shape index (κ1) is 40.3. The molecule has 2 aromatic carbocycles. The van der Waals surface area contributed by atoms with Crippen LogP contribution < -0.4 is 15.4 Å². The Morgan fingerprint density at radius 2 is 1.79 bits per heavy atom. The molecule has 3 aliphatic heterocycles. The van der Waals surface area contributed by atoms with Crippen LogP contribution in [0.25, 0.3) is 10.9 Å². The zero-order chi connectivity index (χ0) is 40.5. The molecule has 1 atom stereocenters. The number of aromatic amines is 1. The molecule has 2 aromatic heterocycles. The Morgan fingerprint density at radius 3 is 2.51 bits per heavy atom. The minimum Gasteiger partial charge on any atom is -0.492 e. The van der Waals surface area contributed by atoms with Crippen molar-refractivity contribution in [2.45, 2.75) is 95.4 Å². The van der Waals surface area contributed by atoms with Crippen molar-refractivity contribution in [3.05, 3.63) is 64.6 Å². The fraction of sp³-hybridized carbons (Fsp3) is 0.512. The Kier molecular flexibility index (Phi) is 11.7. The predicted molar refractivity (Wildman–Crippen MR) is 214 cm³/mol. The first-order chi connectivity index (χ1) is 27.2. The number of piperidine rings is 2. The first-order valence-electron chi connectivity index (χ1n) is 19.7. The van der Waals surface area contributed by atoms with Gasteiger partial charge in [0, 0.05) is 54.4 Å². The Morgan fingerprint density at radius 1 is 1.00 bits per heavy atom. The summed E-state index contributed by atoms with van der Waals surface area (Å²) in [6, 6.07) is 8.43. The third-order valence-corrected chi connectivity index (χ3v) is 13.9. The molecule has 0 radical (unpaired) electrons. The molecule has 0 unspecified atom stereocenters. The van der Waals surface area contributed by atoms with Gasteiger partial charge in [-0.15, -0.1) is 0 Å². The Bertz CT molecular complexity index is 2280. The van der Waals surface area contributed by atoms with Crippen LogP contribution >= 0.6 is 0 Å². The second kappa shape index (κ2) is 16.5. The second-order valence-corrected chi connectivity index (χ2v) is 18.9. The van der Waals surface area contributed by atoms with Gasteiger partial charge < -0.3 is 24.6 Å². The van der Waals surface area contributed by atoms with E-state index in [0.29, 0.717) is 66.6 Å². The number of hydrogen-bond donors (Lipinski definition) is 3. The summed E-state index contributed by atoms with van der Waals surface area (Å²) in [5.74, 6) is 0.772. The molecule has 3 aliphatic rings. The summed E-state index contributed by atoms with van der Waals surface area (Å²) in [6.07, 6.45) is 5.42. The van der Waals surface area contributed by atoms with Crippen LogP contribution in [0, 0.1) is 19.8 Å². The SMILES string of the molecule is Cc1[nH]nc(Nc2ncnc3cc(OCC4CCN(CCOCCCc5cccc6c5CN([C@H]5CCC(=O)NC5=O)C6=O)CC4)c(S(=O)(=O)C(C)(C)C)cc23)c1C. The summed E-state index contributed by atoms with van der Waals surface area (Å²) < 4.78 is 39.1. The minimum absolute atomic E-state index is 0.115. The molecule has 2 fully saturated rings. The maximum absolute atomic E-state index is 13.9. The molecule has 0 bridgehead atoms. The topological polar surface area (TPSA) is 189 Å². The minimum atomic E-state index is -3.79. The van der Waals surface area contributed by atoms with Crippen molar-refractivity contribution >= 4 is 50.1 Å². The lowest BCUT2D eigenvalue weighted by Crippen LogP contribution is -2.52. The third-order valence-electron chi connectivity index (χ3n) is 11.4. The van der Waals surface area contributed by atoms with Crippen molar-refractivity contribution in [1.82, 2.24) is 35.3 Å². The van der Waals surface area contributed by atoms with Gasteiger partial charge in [-0.25, -0.2) is 18.4 Å². The number of likely N-dealkylation sites (tertiary alicyclic amines) is 1. The number of imide groups is 1. The normalized spacial score (nSPS) is 18.3. The summed E-state index contributed by atoms with van der Waals surface area (Å²) in [7, 11) is -3.79. The number of sulfone groups is 1. The molecular weight excluding hydrogens is 749 g/mol. The van der Waals surface area contributed by atoms with E-state index in [1.165, 1.54) is 6.33 Å². The third kappa shape index (κ3) is 8.53. The molecule has 16 heteroatoms. The van der Waals surface area contributed by atoms with Gasteiger partial charge in [-0.1, -0.05) is 12.1 Å². The number of fused-ring (bicyclic) bond motifs is 2. The van der Waals surface area contributed by atoms with Crippen molar-refractivity contribution in [2.75, 3.05) is 44.8 Å². The molecule has 15 nitrogen and oxygen atoms in total. The van der Waals surface area contributed by atoms with Gasteiger partial charge in [-0.3, -0.25) is 24.8 Å². The van der Waals surface area contributed by atoms with Crippen molar-refractivity contribution in [1.29, 1.82) is 0 Å². The highest BCUT2D eigenvalue weighted by Gasteiger charge is 2.40. The van der Waals surface area contributed by atoms with Crippen molar-refractivity contribution in [3.63, 3.8) is 0 Å². The predicted octanol–water partition coefficient (Wildman–Crippen LogP) is 4.79. The van der Waals surface area contributed by atoms with Crippen LogP contribution in [0.15, 0.2) is 41.6 Å². The molecule has 0 spiro atoms. The number of anilines is 2. The molecular formula is C41H52N8O7S. The Labute approximate surface area is 333 Å². The van der Waals surface area contributed by atoms with Crippen LogP contribution in [0.4, 0.5) is 11.6 Å². The smallest absolute Gasteiger partial charge is 0.255 e. The number of nitrogens with zero attached hydrogens (tertiary/aromatic N) is 5. The molecule has 0 aliphatic carbocycles. The van der Waals surface area contributed by atoms with Gasteiger partial charge in [0.05, 0.1) is 23.5 Å². The largest absolute Gasteiger partial charge is 0.492 e. The number of amides is 3. The summed E-state index contributed by atoms with van der Waals surface area (Å²) in [5, 5.41) is 13.4. The van der Waals surface area contributed by atoms with E-state index < -0.39 is 26.5 Å². The molecule has 2 saturated heterocycles. The summed E-state index contributed by atoms with van der Waals surface area (Å²) in [6.45, 7) is 13.5. The number of aryl methyl sites for hydroxylation is 2. The maximum Gasteiger partial charge on any atom is 0.255 e. The number of benzene rings is 2. The summed E-state index contributed by atoms with van der Waals surface area (Å²) >= 11 is 0. The molecule has 4 aromatic rings. The van der Waals surface area contributed by atoms with Crippen LogP contribution in [0.5, 0.6) is 5.75 Å². The van der Waals surface area contributed by atoms with Crippen LogP contribution in [-0.4, -0.2) is 106 Å². The molecule has 57 heavy (non-hydrogen) atoms. The van der Waals surface area contributed by atoms with E-state index in [0.717, 1.165) is 67.7 Å². The molecule has 3 amide bonds. The van der Waals surface area contributed by atoms with Gasteiger partial charge in [-0.05, 0) is 109 Å². The van der Waals surface area contributed by atoms with E-state index in [-0.39, 0.29) is 29.0 Å². The standard InChI is InChI=1S/C41H52N8O7S/c1-25-26(2)46-47-37(25)45-38-30-20-35(57(53,54)41(3,4)5)34(21-32(30)42-24-43-38)56-23-27-13-15-48(16-14-27)17-19-55-18-7-9-28-8-6-10-29-31(28)22-49(40(29)52)33-11-12-36(50)44-39(33)51/h6,8,10,20-21,24,27,33H,7,9,11-19,22-23H2,1-5H3,(H,44,50,51)(H2,42,43,45,46,47)/t33-/m0/s1. The quantitative estimate of drug-likeness (QED) is 0.117. The fourth-order valence-corrected chi connectivity index (χ4v) is 8.98. The van der Waals surface area contributed by atoms with Gasteiger partial charge in [-0.2, -0.15) is 5.10 Å². The molecule has 3 N–H and O–H groups in total. The average Bonchev–Trinajstić information content (AvgIpc) is 3.68. The zero-order valence-electron chi connectivity index (χ0n) is 33.3. The number of carbonyl (C=O) groups excluding carboxylic acids is 3. The van der Waals surface area contributed by atoms with E-state index in [1.807, 2.05) is 32.0 Å². The number of nitrogens with one attached hydrogen (secondary N) is 3. The monoisotopic (exact) mass is 800 g/mol. The number of aromatic nitrogens is 4. The van der Waals surface area contributed by atoms with Gasteiger partial charge in [0.15, 0.2) is 15.7 Å². The lowest BCUT2D eigenvalue weighted by molar-refractivity contribution is -0.136. The highest BCUT2D eigenvalue weighted by molar-refractivity contribution is 7.92. The van der Waals surface area contributed by atoms with Gasteiger partial charge in [0.1, 0.15) is 28.8 Å².